The Bertz CT molecular complexity index is 862. The first-order chi connectivity index (χ1) is 13.0. The Balaban J connectivity index is 1.83. The summed E-state index contributed by atoms with van der Waals surface area (Å²) in [6, 6.07) is 13.9. The van der Waals surface area contributed by atoms with Crippen molar-refractivity contribution < 1.29 is 13.9 Å². The summed E-state index contributed by atoms with van der Waals surface area (Å²) >= 11 is 1.37. The van der Waals surface area contributed by atoms with Gasteiger partial charge in [-0.25, -0.2) is 9.37 Å². The summed E-state index contributed by atoms with van der Waals surface area (Å²) in [5.74, 6) is 0.143. The van der Waals surface area contributed by atoms with Crippen molar-refractivity contribution in [3.05, 3.63) is 77.1 Å². The fraction of sp³-hybridized carbons (Fsp3) is 0.238. The Kier molecular flexibility index (Phi) is 6.19. The van der Waals surface area contributed by atoms with Crippen LogP contribution in [-0.2, 0) is 4.79 Å². The van der Waals surface area contributed by atoms with Crippen LogP contribution in [0.4, 0.5) is 9.52 Å². The molecule has 0 aliphatic carbocycles. The fourth-order valence-corrected chi connectivity index (χ4v) is 3.36. The van der Waals surface area contributed by atoms with Gasteiger partial charge in [0.15, 0.2) is 5.13 Å². The van der Waals surface area contributed by atoms with Gasteiger partial charge in [-0.2, -0.15) is 0 Å². The highest BCUT2D eigenvalue weighted by Crippen LogP contribution is 2.30. The molecule has 1 aromatic heterocycles. The minimum atomic E-state index is -0.301. The van der Waals surface area contributed by atoms with E-state index in [4.69, 9.17) is 4.74 Å². The van der Waals surface area contributed by atoms with Crippen LogP contribution >= 0.6 is 11.3 Å². The SMILES string of the molecule is CC(C)Oc1ccc(C(CC(=O)Nc2nccs2)c2ccc(F)cc2)cc1. The maximum Gasteiger partial charge on any atom is 0.227 e. The second-order valence-corrected chi connectivity index (χ2v) is 7.32. The molecule has 3 aromatic rings. The van der Waals surface area contributed by atoms with Crippen LogP contribution in [0.15, 0.2) is 60.1 Å². The largest absolute Gasteiger partial charge is 0.491 e. The van der Waals surface area contributed by atoms with Crippen molar-refractivity contribution in [2.24, 2.45) is 0 Å². The Hall–Kier alpha value is -2.73. The molecule has 0 bridgehead atoms. The van der Waals surface area contributed by atoms with E-state index in [0.717, 1.165) is 16.9 Å². The van der Waals surface area contributed by atoms with E-state index >= 15 is 0 Å². The average Bonchev–Trinajstić information content (AvgIpc) is 3.14. The van der Waals surface area contributed by atoms with E-state index in [0.29, 0.717) is 5.13 Å². The quantitative estimate of drug-likeness (QED) is 0.607. The average molecular weight is 384 g/mol. The highest BCUT2D eigenvalue weighted by molar-refractivity contribution is 7.13. The molecule has 0 aliphatic heterocycles. The third kappa shape index (κ3) is 5.37. The minimum absolute atomic E-state index is 0.0906. The number of anilines is 1. The van der Waals surface area contributed by atoms with Crippen molar-refractivity contribution in [1.29, 1.82) is 0 Å². The van der Waals surface area contributed by atoms with Gasteiger partial charge in [0, 0.05) is 23.9 Å². The van der Waals surface area contributed by atoms with E-state index in [2.05, 4.69) is 10.3 Å². The zero-order valence-electron chi connectivity index (χ0n) is 15.2. The molecular formula is C21H21FN2O2S. The molecule has 1 atom stereocenters. The molecule has 3 rings (SSSR count). The van der Waals surface area contributed by atoms with Crippen LogP contribution in [0.5, 0.6) is 5.75 Å². The summed E-state index contributed by atoms with van der Waals surface area (Å²) in [4.78, 5) is 16.6. The third-order valence-corrected chi connectivity index (χ3v) is 4.68. The number of hydrogen-bond donors (Lipinski definition) is 1. The molecule has 1 unspecified atom stereocenters. The number of nitrogens with zero attached hydrogens (tertiary/aromatic N) is 1. The number of benzene rings is 2. The zero-order chi connectivity index (χ0) is 19.2. The van der Waals surface area contributed by atoms with E-state index < -0.39 is 0 Å². The monoisotopic (exact) mass is 384 g/mol. The van der Waals surface area contributed by atoms with Crippen molar-refractivity contribution >= 4 is 22.4 Å². The first kappa shape index (κ1) is 19.0. The lowest BCUT2D eigenvalue weighted by molar-refractivity contribution is -0.116. The summed E-state index contributed by atoms with van der Waals surface area (Å²) in [7, 11) is 0. The van der Waals surface area contributed by atoms with Crippen molar-refractivity contribution in [3.63, 3.8) is 0 Å². The molecule has 0 saturated carbocycles. The van der Waals surface area contributed by atoms with Crippen LogP contribution in [0.3, 0.4) is 0 Å². The first-order valence-corrected chi connectivity index (χ1v) is 9.60. The molecule has 1 N–H and O–H groups in total. The number of thiazole rings is 1. The molecule has 0 spiro atoms. The molecule has 6 heteroatoms. The molecule has 4 nitrogen and oxygen atoms in total. The lowest BCUT2D eigenvalue weighted by atomic mass is 9.88. The lowest BCUT2D eigenvalue weighted by Gasteiger charge is -2.18. The number of halogens is 1. The number of carbonyl (C=O) groups is 1. The maximum absolute atomic E-state index is 13.3. The van der Waals surface area contributed by atoms with Gasteiger partial charge in [0.2, 0.25) is 5.91 Å². The number of nitrogens with one attached hydrogen (secondary N) is 1. The van der Waals surface area contributed by atoms with Crippen LogP contribution in [0, 0.1) is 5.82 Å². The molecule has 140 valence electrons. The van der Waals surface area contributed by atoms with Gasteiger partial charge in [-0.3, -0.25) is 4.79 Å². The molecule has 1 heterocycles. The number of rotatable bonds is 7. The minimum Gasteiger partial charge on any atom is -0.491 e. The third-order valence-electron chi connectivity index (χ3n) is 3.99. The van der Waals surface area contributed by atoms with Gasteiger partial charge in [-0.05, 0) is 49.2 Å². The van der Waals surface area contributed by atoms with E-state index in [1.54, 1.807) is 23.7 Å². The second-order valence-electron chi connectivity index (χ2n) is 6.43. The molecule has 0 radical (unpaired) electrons. The van der Waals surface area contributed by atoms with Crippen LogP contribution in [0.1, 0.15) is 37.3 Å². The van der Waals surface area contributed by atoms with Crippen molar-refractivity contribution in [2.75, 3.05) is 5.32 Å². The van der Waals surface area contributed by atoms with Crippen molar-refractivity contribution in [2.45, 2.75) is 32.3 Å². The topological polar surface area (TPSA) is 51.2 Å². The Labute approximate surface area is 162 Å². The smallest absolute Gasteiger partial charge is 0.227 e. The number of carbonyl (C=O) groups excluding carboxylic acids is 1. The van der Waals surface area contributed by atoms with E-state index in [-0.39, 0.29) is 30.2 Å². The Morgan fingerprint density at radius 3 is 2.30 bits per heavy atom. The maximum atomic E-state index is 13.3. The molecule has 0 fully saturated rings. The van der Waals surface area contributed by atoms with Gasteiger partial charge in [0.1, 0.15) is 11.6 Å². The van der Waals surface area contributed by atoms with Gasteiger partial charge in [-0.1, -0.05) is 24.3 Å². The summed E-state index contributed by atoms with van der Waals surface area (Å²) < 4.78 is 19.0. The Morgan fingerprint density at radius 2 is 1.74 bits per heavy atom. The summed E-state index contributed by atoms with van der Waals surface area (Å²) in [6.45, 7) is 3.94. The van der Waals surface area contributed by atoms with Crippen LogP contribution in [-0.4, -0.2) is 17.0 Å². The molecule has 1 amide bonds. The van der Waals surface area contributed by atoms with Gasteiger partial charge in [0.05, 0.1) is 6.10 Å². The highest BCUT2D eigenvalue weighted by atomic mass is 32.1. The standard InChI is InChI=1S/C21H21FN2O2S/c1-14(2)26-18-9-5-16(6-10-18)19(15-3-7-17(22)8-4-15)13-20(25)24-21-23-11-12-27-21/h3-12,14,19H,13H2,1-2H3,(H,23,24,25). The first-order valence-electron chi connectivity index (χ1n) is 8.72. The highest BCUT2D eigenvalue weighted by Gasteiger charge is 2.19. The summed E-state index contributed by atoms with van der Waals surface area (Å²) in [6.07, 6.45) is 1.97. The molecule has 2 aromatic carbocycles. The molecular weight excluding hydrogens is 363 g/mol. The zero-order valence-corrected chi connectivity index (χ0v) is 16.0. The van der Waals surface area contributed by atoms with Gasteiger partial charge in [0.25, 0.3) is 0 Å². The second kappa shape index (κ2) is 8.77. The predicted octanol–water partition coefficient (Wildman–Crippen LogP) is 5.23. The summed E-state index contributed by atoms with van der Waals surface area (Å²) in [5.41, 5.74) is 1.84. The number of amides is 1. The van der Waals surface area contributed by atoms with E-state index in [1.165, 1.54) is 23.5 Å². The lowest BCUT2D eigenvalue weighted by Crippen LogP contribution is -2.16. The molecule has 0 aliphatic rings. The normalized spacial score (nSPS) is 12.0. The van der Waals surface area contributed by atoms with E-state index in [9.17, 15) is 9.18 Å². The van der Waals surface area contributed by atoms with Crippen LogP contribution in [0.25, 0.3) is 0 Å². The van der Waals surface area contributed by atoms with Gasteiger partial charge < -0.3 is 10.1 Å². The van der Waals surface area contributed by atoms with Gasteiger partial charge in [-0.15, -0.1) is 11.3 Å². The fourth-order valence-electron chi connectivity index (χ4n) is 2.81. The number of ether oxygens (including phenoxy) is 1. The molecule has 27 heavy (non-hydrogen) atoms. The van der Waals surface area contributed by atoms with Crippen LogP contribution in [0.2, 0.25) is 0 Å². The van der Waals surface area contributed by atoms with Crippen LogP contribution < -0.4 is 10.1 Å². The Morgan fingerprint density at radius 1 is 1.11 bits per heavy atom. The van der Waals surface area contributed by atoms with Crippen molar-refractivity contribution in [3.8, 4) is 5.75 Å². The predicted molar refractivity (Wildman–Crippen MR) is 106 cm³/mol. The van der Waals surface area contributed by atoms with Gasteiger partial charge >= 0.3 is 0 Å². The van der Waals surface area contributed by atoms with Crippen molar-refractivity contribution in [1.82, 2.24) is 4.98 Å². The summed E-state index contributed by atoms with van der Waals surface area (Å²) in [5, 5.41) is 5.18. The van der Waals surface area contributed by atoms with E-state index in [1.807, 2.05) is 38.1 Å². The number of aromatic nitrogens is 1. The number of hydrogen-bond acceptors (Lipinski definition) is 4. The molecule has 0 saturated heterocycles.